The van der Waals surface area contributed by atoms with Crippen molar-refractivity contribution in [3.63, 3.8) is 0 Å². The Hall–Kier alpha value is -1.08. The van der Waals surface area contributed by atoms with Crippen LogP contribution in [-0.2, 0) is 15.5 Å². The molecule has 1 N–H and O–H groups in total. The van der Waals surface area contributed by atoms with Gasteiger partial charge in [0.25, 0.3) is 15.0 Å². The summed E-state index contributed by atoms with van der Waals surface area (Å²) in [6.07, 6.45) is 3.17. The van der Waals surface area contributed by atoms with Gasteiger partial charge >= 0.3 is 0 Å². The number of aromatic amines is 1. The molecule has 0 saturated carbocycles. The fourth-order valence-corrected chi connectivity index (χ4v) is 4.00. The Bertz CT molecular complexity index is 627. The summed E-state index contributed by atoms with van der Waals surface area (Å²) in [6, 6.07) is 0. The third-order valence-electron chi connectivity index (χ3n) is 3.89. The summed E-state index contributed by atoms with van der Waals surface area (Å²) in [4.78, 5) is 14.0. The number of halogens is 1. The molecular formula is C13H20ClN3O3S. The molecule has 0 aliphatic carbocycles. The van der Waals surface area contributed by atoms with E-state index in [1.165, 1.54) is 0 Å². The van der Waals surface area contributed by atoms with Crippen molar-refractivity contribution in [3.8, 4) is 0 Å². The molecule has 1 amide bonds. The van der Waals surface area contributed by atoms with Gasteiger partial charge in [0.2, 0.25) is 0 Å². The van der Waals surface area contributed by atoms with Crippen molar-refractivity contribution in [1.29, 1.82) is 0 Å². The Kier molecular flexibility index (Phi) is 4.93. The van der Waals surface area contributed by atoms with Crippen molar-refractivity contribution in [2.45, 2.75) is 44.4 Å². The lowest BCUT2D eigenvalue weighted by Crippen LogP contribution is -2.30. The number of nitrogens with one attached hydrogen (secondary N) is 1. The molecule has 0 radical (unpaired) electrons. The molecule has 2 heterocycles. The van der Waals surface area contributed by atoms with E-state index in [-0.39, 0.29) is 16.5 Å². The van der Waals surface area contributed by atoms with Crippen LogP contribution < -0.4 is 0 Å². The molecule has 0 bridgehead atoms. The number of likely N-dealkylation sites (tertiary alicyclic amines) is 1. The van der Waals surface area contributed by atoms with Crippen molar-refractivity contribution in [3.05, 3.63) is 11.4 Å². The molecule has 1 fully saturated rings. The van der Waals surface area contributed by atoms with Gasteiger partial charge in [0.15, 0.2) is 5.69 Å². The second-order valence-electron chi connectivity index (χ2n) is 5.38. The average molecular weight is 334 g/mol. The van der Waals surface area contributed by atoms with Gasteiger partial charge in [-0.15, -0.1) is 0 Å². The quantitative estimate of drug-likeness (QED) is 0.837. The van der Waals surface area contributed by atoms with Crippen molar-refractivity contribution >= 4 is 25.6 Å². The van der Waals surface area contributed by atoms with Crippen molar-refractivity contribution in [2.24, 2.45) is 5.92 Å². The predicted octanol–water partition coefficient (Wildman–Crippen LogP) is 2.16. The summed E-state index contributed by atoms with van der Waals surface area (Å²) < 4.78 is 23.6. The van der Waals surface area contributed by atoms with Crippen molar-refractivity contribution in [2.75, 3.05) is 13.1 Å². The molecule has 21 heavy (non-hydrogen) atoms. The van der Waals surface area contributed by atoms with Crippen LogP contribution in [0.3, 0.4) is 0 Å². The number of nitrogens with zero attached hydrogens (tertiary/aromatic N) is 2. The van der Waals surface area contributed by atoms with Crippen LogP contribution in [0.25, 0.3) is 0 Å². The highest BCUT2D eigenvalue weighted by Crippen LogP contribution is 2.27. The molecule has 2 rings (SSSR count). The zero-order chi connectivity index (χ0) is 15.6. The Balaban J connectivity index is 2.34. The van der Waals surface area contributed by atoms with Gasteiger partial charge in [-0.25, -0.2) is 8.42 Å². The number of hydrogen-bond donors (Lipinski definition) is 1. The highest BCUT2D eigenvalue weighted by molar-refractivity contribution is 8.13. The van der Waals surface area contributed by atoms with Gasteiger partial charge in [-0.3, -0.25) is 9.89 Å². The van der Waals surface area contributed by atoms with E-state index in [4.69, 9.17) is 10.7 Å². The molecule has 1 aromatic rings. The van der Waals surface area contributed by atoms with Crippen molar-refractivity contribution in [1.82, 2.24) is 15.1 Å². The average Bonchev–Trinajstić information content (AvgIpc) is 3.03. The van der Waals surface area contributed by atoms with E-state index in [0.29, 0.717) is 31.1 Å². The number of carbonyl (C=O) groups excluding carboxylic acids is 1. The molecule has 1 aromatic heterocycles. The maximum Gasteiger partial charge on any atom is 0.275 e. The topological polar surface area (TPSA) is 83.1 Å². The van der Waals surface area contributed by atoms with Crippen LogP contribution in [0.1, 0.15) is 49.3 Å². The predicted molar refractivity (Wildman–Crippen MR) is 79.9 cm³/mol. The first-order valence-corrected chi connectivity index (χ1v) is 9.50. The molecule has 8 heteroatoms. The molecule has 0 aromatic carbocycles. The second-order valence-corrected chi connectivity index (χ2v) is 7.88. The van der Waals surface area contributed by atoms with Gasteiger partial charge in [0.1, 0.15) is 4.90 Å². The van der Waals surface area contributed by atoms with E-state index < -0.39 is 9.05 Å². The minimum absolute atomic E-state index is 0.0785. The Morgan fingerprint density at radius 2 is 2.19 bits per heavy atom. The number of carbonyl (C=O) groups is 1. The maximum atomic E-state index is 12.5. The Morgan fingerprint density at radius 1 is 1.48 bits per heavy atom. The van der Waals surface area contributed by atoms with Gasteiger partial charge in [-0.2, -0.15) is 5.10 Å². The third kappa shape index (κ3) is 3.40. The van der Waals surface area contributed by atoms with E-state index in [1.807, 2.05) is 6.92 Å². The molecule has 6 nitrogen and oxygen atoms in total. The minimum Gasteiger partial charge on any atom is -0.337 e. The first-order valence-electron chi connectivity index (χ1n) is 7.19. The standard InChI is InChI=1S/C13H20ClN3O3S/c1-3-5-10-12(21(14,19)20)11(16-15-10)13(18)17-7-6-9(4-2)8-17/h9H,3-8H2,1-2H3,(H,15,16). The lowest BCUT2D eigenvalue weighted by atomic mass is 10.1. The summed E-state index contributed by atoms with van der Waals surface area (Å²) in [7, 11) is 1.49. The van der Waals surface area contributed by atoms with Gasteiger partial charge in [-0.05, 0) is 18.8 Å². The number of aromatic nitrogens is 2. The molecule has 1 unspecified atom stereocenters. The van der Waals surface area contributed by atoms with E-state index in [2.05, 4.69) is 17.1 Å². The van der Waals surface area contributed by atoms with Crippen LogP contribution in [0.4, 0.5) is 0 Å². The van der Waals surface area contributed by atoms with E-state index in [1.54, 1.807) is 4.90 Å². The number of rotatable bonds is 5. The fourth-order valence-electron chi connectivity index (χ4n) is 2.69. The highest BCUT2D eigenvalue weighted by Gasteiger charge is 2.33. The maximum absolute atomic E-state index is 12.5. The second kappa shape index (κ2) is 6.36. The monoisotopic (exact) mass is 333 g/mol. The SMILES string of the molecule is CCCc1[nH]nc(C(=O)N2CCC(CC)C2)c1S(=O)(=O)Cl. The van der Waals surface area contributed by atoms with E-state index in [0.717, 1.165) is 19.3 Å². The number of hydrogen-bond acceptors (Lipinski definition) is 4. The Morgan fingerprint density at radius 3 is 2.71 bits per heavy atom. The summed E-state index contributed by atoms with van der Waals surface area (Å²) >= 11 is 0. The van der Waals surface area contributed by atoms with Gasteiger partial charge in [-0.1, -0.05) is 26.7 Å². The smallest absolute Gasteiger partial charge is 0.275 e. The number of H-pyrrole nitrogens is 1. The third-order valence-corrected chi connectivity index (χ3v) is 5.28. The lowest BCUT2D eigenvalue weighted by molar-refractivity contribution is 0.0777. The molecule has 1 atom stereocenters. The van der Waals surface area contributed by atoms with Gasteiger partial charge < -0.3 is 4.90 Å². The number of aryl methyl sites for hydroxylation is 1. The van der Waals surface area contributed by atoms with Crippen LogP contribution in [0.15, 0.2) is 4.90 Å². The molecule has 0 spiro atoms. The van der Waals surface area contributed by atoms with Crippen LogP contribution in [0.2, 0.25) is 0 Å². The Labute approximate surface area is 129 Å². The van der Waals surface area contributed by atoms with Crippen molar-refractivity contribution < 1.29 is 13.2 Å². The summed E-state index contributed by atoms with van der Waals surface area (Å²) in [5, 5.41) is 6.57. The van der Waals surface area contributed by atoms with Crippen LogP contribution >= 0.6 is 10.7 Å². The van der Waals surface area contributed by atoms with E-state index in [9.17, 15) is 13.2 Å². The summed E-state index contributed by atoms with van der Waals surface area (Å²) in [5.74, 6) is 0.114. The first-order chi connectivity index (χ1) is 9.88. The highest BCUT2D eigenvalue weighted by atomic mass is 35.7. The zero-order valence-electron chi connectivity index (χ0n) is 12.2. The molecule has 1 saturated heterocycles. The van der Waals surface area contributed by atoms with Gasteiger partial charge in [0, 0.05) is 23.8 Å². The molecule has 1 aliphatic rings. The van der Waals surface area contributed by atoms with E-state index >= 15 is 0 Å². The summed E-state index contributed by atoms with van der Waals surface area (Å²) in [6.45, 7) is 5.28. The van der Waals surface area contributed by atoms with Crippen LogP contribution in [0, 0.1) is 5.92 Å². The molecular weight excluding hydrogens is 314 g/mol. The number of amides is 1. The largest absolute Gasteiger partial charge is 0.337 e. The molecule has 118 valence electrons. The lowest BCUT2D eigenvalue weighted by Gasteiger charge is -2.15. The van der Waals surface area contributed by atoms with Crippen LogP contribution in [0.5, 0.6) is 0 Å². The fraction of sp³-hybridized carbons (Fsp3) is 0.692. The normalized spacial score (nSPS) is 19.2. The van der Waals surface area contributed by atoms with Gasteiger partial charge in [0.05, 0.1) is 5.69 Å². The van der Waals surface area contributed by atoms with Crippen LogP contribution in [-0.4, -0.2) is 42.5 Å². The minimum atomic E-state index is -4.01. The first kappa shape index (κ1) is 16.3. The zero-order valence-corrected chi connectivity index (χ0v) is 13.8. The summed E-state index contributed by atoms with van der Waals surface area (Å²) in [5.41, 5.74) is 0.326. The molecule has 1 aliphatic heterocycles.